The monoisotopic (exact) mass is 396 g/mol. The summed E-state index contributed by atoms with van der Waals surface area (Å²) in [5.74, 6) is 0.759. The molecule has 0 aromatic heterocycles. The SMILES string of the molecule is NC/N=C/c1ccc(Br)c(OCc2ccccc2)c1Br. The second-order valence-corrected chi connectivity index (χ2v) is 5.70. The topological polar surface area (TPSA) is 47.6 Å². The molecular weight excluding hydrogens is 384 g/mol. The van der Waals surface area contributed by atoms with Crippen molar-refractivity contribution in [3.05, 3.63) is 62.5 Å². The molecule has 0 radical (unpaired) electrons. The molecule has 5 heteroatoms. The van der Waals surface area contributed by atoms with Gasteiger partial charge in [0.25, 0.3) is 0 Å². The predicted octanol–water partition coefficient (Wildman–Crippen LogP) is 4.13. The Morgan fingerprint density at radius 2 is 1.85 bits per heavy atom. The number of aliphatic imine (C=N–C) groups is 1. The van der Waals surface area contributed by atoms with E-state index in [0.29, 0.717) is 6.61 Å². The Hall–Kier alpha value is -1.17. The maximum absolute atomic E-state index is 5.89. The van der Waals surface area contributed by atoms with Crippen LogP contribution in [0, 0.1) is 0 Å². The minimum Gasteiger partial charge on any atom is -0.487 e. The average molecular weight is 398 g/mol. The lowest BCUT2D eigenvalue weighted by Gasteiger charge is -2.12. The number of hydrogen-bond acceptors (Lipinski definition) is 3. The second kappa shape index (κ2) is 7.57. The second-order valence-electron chi connectivity index (χ2n) is 4.05. The molecule has 0 amide bonds. The van der Waals surface area contributed by atoms with Gasteiger partial charge in [-0.05, 0) is 43.5 Å². The molecule has 0 saturated carbocycles. The van der Waals surface area contributed by atoms with Crippen molar-refractivity contribution in [3.63, 3.8) is 0 Å². The molecule has 0 aliphatic heterocycles. The fourth-order valence-corrected chi connectivity index (χ4v) is 2.93. The molecule has 20 heavy (non-hydrogen) atoms. The van der Waals surface area contributed by atoms with E-state index < -0.39 is 0 Å². The Kier molecular flexibility index (Phi) is 5.76. The molecule has 0 heterocycles. The molecule has 0 fully saturated rings. The molecule has 2 N–H and O–H groups in total. The van der Waals surface area contributed by atoms with Crippen LogP contribution < -0.4 is 10.5 Å². The third-order valence-electron chi connectivity index (χ3n) is 2.64. The minimum absolute atomic E-state index is 0.267. The highest BCUT2D eigenvalue weighted by atomic mass is 79.9. The van der Waals surface area contributed by atoms with Crippen LogP contribution in [-0.4, -0.2) is 12.9 Å². The molecule has 0 bridgehead atoms. The first-order valence-electron chi connectivity index (χ1n) is 6.07. The zero-order valence-corrected chi connectivity index (χ0v) is 13.9. The van der Waals surface area contributed by atoms with E-state index in [1.807, 2.05) is 42.5 Å². The van der Waals surface area contributed by atoms with E-state index in [1.165, 1.54) is 0 Å². The summed E-state index contributed by atoms with van der Waals surface area (Å²) >= 11 is 7.05. The van der Waals surface area contributed by atoms with Crippen LogP contribution in [0.5, 0.6) is 5.75 Å². The standard InChI is InChI=1S/C15H14Br2N2O/c16-13-7-6-12(8-19-10-18)14(17)15(13)20-9-11-4-2-1-3-5-11/h1-8H,9-10,18H2/b19-8+. The summed E-state index contributed by atoms with van der Waals surface area (Å²) in [5.41, 5.74) is 7.43. The van der Waals surface area contributed by atoms with Gasteiger partial charge in [-0.3, -0.25) is 4.99 Å². The summed E-state index contributed by atoms with van der Waals surface area (Å²) in [4.78, 5) is 4.04. The maximum atomic E-state index is 5.89. The van der Waals surface area contributed by atoms with Gasteiger partial charge in [-0.2, -0.15) is 0 Å². The third-order valence-corrected chi connectivity index (χ3v) is 4.08. The average Bonchev–Trinajstić information content (AvgIpc) is 2.47. The zero-order chi connectivity index (χ0) is 14.4. The summed E-state index contributed by atoms with van der Waals surface area (Å²) < 4.78 is 7.64. The predicted molar refractivity (Wildman–Crippen MR) is 89.3 cm³/mol. The van der Waals surface area contributed by atoms with Crippen LogP contribution in [0.3, 0.4) is 0 Å². The van der Waals surface area contributed by atoms with Crippen molar-refractivity contribution in [2.75, 3.05) is 6.67 Å². The number of benzene rings is 2. The van der Waals surface area contributed by atoms with Gasteiger partial charge < -0.3 is 10.5 Å². The number of ether oxygens (including phenoxy) is 1. The van der Waals surface area contributed by atoms with E-state index in [2.05, 4.69) is 36.9 Å². The van der Waals surface area contributed by atoms with Crippen molar-refractivity contribution < 1.29 is 4.74 Å². The summed E-state index contributed by atoms with van der Waals surface area (Å²) in [5, 5.41) is 0. The van der Waals surface area contributed by atoms with Crippen molar-refractivity contribution >= 4 is 38.1 Å². The molecular formula is C15H14Br2N2O. The summed E-state index contributed by atoms with van der Waals surface area (Å²) in [6, 6.07) is 13.9. The van der Waals surface area contributed by atoms with Gasteiger partial charge in [-0.15, -0.1) is 0 Å². The number of nitrogens with zero attached hydrogens (tertiary/aromatic N) is 1. The normalized spacial score (nSPS) is 10.9. The molecule has 0 unspecified atom stereocenters. The van der Waals surface area contributed by atoms with Crippen LogP contribution in [-0.2, 0) is 6.61 Å². The Labute approximate surface area is 135 Å². The van der Waals surface area contributed by atoms with Gasteiger partial charge in [0.15, 0.2) is 0 Å². The van der Waals surface area contributed by atoms with Crippen molar-refractivity contribution in [3.8, 4) is 5.75 Å². The molecule has 2 aromatic rings. The van der Waals surface area contributed by atoms with Gasteiger partial charge in [0.05, 0.1) is 15.6 Å². The molecule has 2 aromatic carbocycles. The highest BCUT2D eigenvalue weighted by Crippen LogP contribution is 2.36. The Bertz CT molecular complexity index is 600. The van der Waals surface area contributed by atoms with Crippen molar-refractivity contribution in [1.29, 1.82) is 0 Å². The van der Waals surface area contributed by atoms with E-state index in [4.69, 9.17) is 10.5 Å². The minimum atomic E-state index is 0.267. The highest BCUT2D eigenvalue weighted by Gasteiger charge is 2.10. The first-order chi connectivity index (χ1) is 9.72. The van der Waals surface area contributed by atoms with Crippen LogP contribution in [0.4, 0.5) is 0 Å². The van der Waals surface area contributed by atoms with Gasteiger partial charge >= 0.3 is 0 Å². The van der Waals surface area contributed by atoms with Gasteiger partial charge in [0.2, 0.25) is 0 Å². The third kappa shape index (κ3) is 3.91. The molecule has 0 saturated heterocycles. The smallest absolute Gasteiger partial charge is 0.148 e. The van der Waals surface area contributed by atoms with E-state index in [9.17, 15) is 0 Å². The van der Waals surface area contributed by atoms with Gasteiger partial charge in [-0.25, -0.2) is 0 Å². The molecule has 0 aliphatic carbocycles. The van der Waals surface area contributed by atoms with Crippen molar-refractivity contribution in [1.82, 2.24) is 0 Å². The van der Waals surface area contributed by atoms with Crippen LogP contribution in [0.1, 0.15) is 11.1 Å². The molecule has 0 atom stereocenters. The molecule has 104 valence electrons. The Morgan fingerprint density at radius 3 is 2.55 bits per heavy atom. The maximum Gasteiger partial charge on any atom is 0.148 e. The number of hydrogen-bond donors (Lipinski definition) is 1. The lowest BCUT2D eigenvalue weighted by atomic mass is 10.2. The van der Waals surface area contributed by atoms with Crippen LogP contribution in [0.25, 0.3) is 0 Å². The summed E-state index contributed by atoms with van der Waals surface area (Å²) in [7, 11) is 0. The molecule has 2 rings (SSSR count). The van der Waals surface area contributed by atoms with Crippen molar-refractivity contribution in [2.24, 2.45) is 10.7 Å². The van der Waals surface area contributed by atoms with Crippen molar-refractivity contribution in [2.45, 2.75) is 6.61 Å². The first-order valence-corrected chi connectivity index (χ1v) is 7.65. The molecule has 3 nitrogen and oxygen atoms in total. The largest absolute Gasteiger partial charge is 0.487 e. The number of halogens is 2. The number of rotatable bonds is 5. The van der Waals surface area contributed by atoms with E-state index >= 15 is 0 Å². The zero-order valence-electron chi connectivity index (χ0n) is 10.7. The van der Waals surface area contributed by atoms with E-state index in [1.54, 1.807) is 6.21 Å². The lowest BCUT2D eigenvalue weighted by Crippen LogP contribution is -1.99. The fourth-order valence-electron chi connectivity index (χ4n) is 1.66. The first kappa shape index (κ1) is 15.2. The number of nitrogens with two attached hydrogens (primary N) is 1. The van der Waals surface area contributed by atoms with E-state index in [-0.39, 0.29) is 6.67 Å². The highest BCUT2D eigenvalue weighted by molar-refractivity contribution is 9.11. The van der Waals surface area contributed by atoms with Gasteiger partial charge in [0, 0.05) is 11.8 Å². The summed E-state index contributed by atoms with van der Waals surface area (Å²) in [6.45, 7) is 0.776. The van der Waals surface area contributed by atoms with Crippen LogP contribution in [0.2, 0.25) is 0 Å². The lowest BCUT2D eigenvalue weighted by molar-refractivity contribution is 0.302. The van der Waals surface area contributed by atoms with Crippen LogP contribution in [0.15, 0.2) is 56.4 Å². The quantitative estimate of drug-likeness (QED) is 0.771. The Balaban J connectivity index is 2.20. The van der Waals surface area contributed by atoms with Gasteiger partial charge in [-0.1, -0.05) is 36.4 Å². The summed E-state index contributed by atoms with van der Waals surface area (Å²) in [6.07, 6.45) is 1.73. The van der Waals surface area contributed by atoms with Crippen LogP contribution >= 0.6 is 31.9 Å². The molecule has 0 aliphatic rings. The van der Waals surface area contributed by atoms with Gasteiger partial charge in [0.1, 0.15) is 12.4 Å². The molecule has 0 spiro atoms. The Morgan fingerprint density at radius 1 is 1.10 bits per heavy atom. The fraction of sp³-hybridized carbons (Fsp3) is 0.133. The van der Waals surface area contributed by atoms with E-state index in [0.717, 1.165) is 25.8 Å².